The van der Waals surface area contributed by atoms with Crippen molar-refractivity contribution in [3.63, 3.8) is 0 Å². The average Bonchev–Trinajstić information content (AvgIpc) is 2.35. The van der Waals surface area contributed by atoms with Crippen molar-refractivity contribution in [3.05, 3.63) is 34.9 Å². The Morgan fingerprint density at radius 1 is 1.24 bits per heavy atom. The number of hydrogen-bond acceptors (Lipinski definition) is 2. The van der Waals surface area contributed by atoms with Gasteiger partial charge in [-0.05, 0) is 43.0 Å². The van der Waals surface area contributed by atoms with E-state index in [1.54, 1.807) is 0 Å². The summed E-state index contributed by atoms with van der Waals surface area (Å²) < 4.78 is 0. The fourth-order valence-electron chi connectivity index (χ4n) is 2.88. The van der Waals surface area contributed by atoms with E-state index >= 15 is 0 Å². The second kappa shape index (κ2) is 5.85. The molecule has 3 heteroatoms. The largest absolute Gasteiger partial charge is 0.393 e. The first-order valence-corrected chi connectivity index (χ1v) is 6.73. The molecule has 94 valence electrons. The van der Waals surface area contributed by atoms with Gasteiger partial charge in [0.2, 0.25) is 0 Å². The van der Waals surface area contributed by atoms with Crippen molar-refractivity contribution >= 4 is 11.6 Å². The first-order chi connectivity index (χ1) is 8.22. The Balaban J connectivity index is 2.17. The Labute approximate surface area is 108 Å². The van der Waals surface area contributed by atoms with Crippen LogP contribution in [0.4, 0.5) is 0 Å². The molecule has 0 radical (unpaired) electrons. The summed E-state index contributed by atoms with van der Waals surface area (Å²) in [4.78, 5) is 0. The highest BCUT2D eigenvalue weighted by Crippen LogP contribution is 2.36. The van der Waals surface area contributed by atoms with Crippen LogP contribution in [0.2, 0.25) is 5.02 Å². The van der Waals surface area contributed by atoms with Crippen LogP contribution in [0.25, 0.3) is 0 Å². The van der Waals surface area contributed by atoms with Crippen molar-refractivity contribution in [2.75, 3.05) is 6.54 Å². The molecule has 0 spiro atoms. The van der Waals surface area contributed by atoms with Gasteiger partial charge in [0.15, 0.2) is 0 Å². The fourth-order valence-corrected chi connectivity index (χ4v) is 3.00. The van der Waals surface area contributed by atoms with Gasteiger partial charge in [-0.3, -0.25) is 0 Å². The summed E-state index contributed by atoms with van der Waals surface area (Å²) in [6.07, 6.45) is 4.12. The highest BCUT2D eigenvalue weighted by molar-refractivity contribution is 6.30. The van der Waals surface area contributed by atoms with Gasteiger partial charge in [-0.1, -0.05) is 36.6 Å². The summed E-state index contributed by atoms with van der Waals surface area (Å²) in [5, 5.41) is 10.8. The van der Waals surface area contributed by atoms with E-state index in [0.717, 1.165) is 24.3 Å². The third kappa shape index (κ3) is 3.01. The zero-order valence-corrected chi connectivity index (χ0v) is 10.7. The number of halogens is 1. The summed E-state index contributed by atoms with van der Waals surface area (Å²) in [7, 11) is 0. The number of aliphatic hydroxyl groups is 1. The maximum atomic E-state index is 10.1. The molecule has 1 fully saturated rings. The topological polar surface area (TPSA) is 46.2 Å². The lowest BCUT2D eigenvalue weighted by molar-refractivity contribution is 0.0561. The monoisotopic (exact) mass is 253 g/mol. The molecule has 0 amide bonds. The van der Waals surface area contributed by atoms with Crippen LogP contribution >= 0.6 is 11.6 Å². The molecule has 1 saturated carbocycles. The highest BCUT2D eigenvalue weighted by atomic mass is 35.5. The summed E-state index contributed by atoms with van der Waals surface area (Å²) in [5.41, 5.74) is 7.09. The molecule has 1 aliphatic rings. The predicted octanol–water partition coefficient (Wildman–Crippen LogP) is 2.93. The van der Waals surface area contributed by atoms with Crippen molar-refractivity contribution < 1.29 is 5.11 Å². The summed E-state index contributed by atoms with van der Waals surface area (Å²) >= 11 is 5.89. The molecule has 2 rings (SSSR count). The summed E-state index contributed by atoms with van der Waals surface area (Å²) in [5.74, 6) is 0.553. The molecule has 1 aromatic rings. The number of aliphatic hydroxyl groups excluding tert-OH is 1. The standard InChI is InChI=1S/C14H20ClNO/c15-11-7-5-10(6-8-11)13(9-16)12-3-1-2-4-14(12)17/h5-8,12-14,17H,1-4,9,16H2/t12?,13-,14-/m0/s1. The zero-order valence-electron chi connectivity index (χ0n) is 9.98. The van der Waals surface area contributed by atoms with Gasteiger partial charge in [-0.25, -0.2) is 0 Å². The highest BCUT2D eigenvalue weighted by Gasteiger charge is 2.30. The van der Waals surface area contributed by atoms with Crippen LogP contribution in [0.1, 0.15) is 37.2 Å². The molecular formula is C14H20ClNO. The maximum absolute atomic E-state index is 10.1. The van der Waals surface area contributed by atoms with Gasteiger partial charge in [0.1, 0.15) is 0 Å². The van der Waals surface area contributed by atoms with E-state index in [9.17, 15) is 5.11 Å². The quantitative estimate of drug-likeness (QED) is 0.870. The van der Waals surface area contributed by atoms with E-state index in [0.29, 0.717) is 12.5 Å². The van der Waals surface area contributed by atoms with E-state index < -0.39 is 0 Å². The van der Waals surface area contributed by atoms with Gasteiger partial charge in [-0.2, -0.15) is 0 Å². The minimum Gasteiger partial charge on any atom is -0.393 e. The Kier molecular flexibility index (Phi) is 4.43. The third-order valence-corrected chi connectivity index (χ3v) is 4.10. The van der Waals surface area contributed by atoms with E-state index in [2.05, 4.69) is 0 Å². The fraction of sp³-hybridized carbons (Fsp3) is 0.571. The Hall–Kier alpha value is -0.570. The second-order valence-corrected chi connectivity index (χ2v) is 5.35. The number of benzene rings is 1. The Bertz CT molecular complexity index is 352. The van der Waals surface area contributed by atoms with E-state index in [1.165, 1.54) is 12.0 Å². The smallest absolute Gasteiger partial charge is 0.0574 e. The maximum Gasteiger partial charge on any atom is 0.0574 e. The van der Waals surface area contributed by atoms with Crippen LogP contribution in [0.5, 0.6) is 0 Å². The van der Waals surface area contributed by atoms with Gasteiger partial charge in [0, 0.05) is 10.9 Å². The van der Waals surface area contributed by atoms with Crippen molar-refractivity contribution in [2.24, 2.45) is 11.7 Å². The van der Waals surface area contributed by atoms with Crippen molar-refractivity contribution in [1.29, 1.82) is 0 Å². The minimum absolute atomic E-state index is 0.201. The lowest BCUT2D eigenvalue weighted by Gasteiger charge is -2.34. The van der Waals surface area contributed by atoms with Gasteiger partial charge in [0.25, 0.3) is 0 Å². The van der Waals surface area contributed by atoms with E-state index in [4.69, 9.17) is 17.3 Å². The minimum atomic E-state index is -0.201. The van der Waals surface area contributed by atoms with E-state index in [-0.39, 0.29) is 12.0 Å². The molecular weight excluding hydrogens is 234 g/mol. The zero-order chi connectivity index (χ0) is 12.3. The molecule has 3 N–H and O–H groups in total. The van der Waals surface area contributed by atoms with Crippen molar-refractivity contribution in [2.45, 2.75) is 37.7 Å². The van der Waals surface area contributed by atoms with Gasteiger partial charge >= 0.3 is 0 Å². The summed E-state index contributed by atoms with van der Waals surface area (Å²) in [6, 6.07) is 7.85. The van der Waals surface area contributed by atoms with Crippen LogP contribution < -0.4 is 5.73 Å². The average molecular weight is 254 g/mol. The van der Waals surface area contributed by atoms with Crippen molar-refractivity contribution in [3.8, 4) is 0 Å². The Morgan fingerprint density at radius 3 is 2.47 bits per heavy atom. The molecule has 1 aromatic carbocycles. The van der Waals surface area contributed by atoms with Crippen LogP contribution in [0.15, 0.2) is 24.3 Å². The molecule has 0 aromatic heterocycles. The van der Waals surface area contributed by atoms with E-state index in [1.807, 2.05) is 24.3 Å². The van der Waals surface area contributed by atoms with Gasteiger partial charge < -0.3 is 10.8 Å². The van der Waals surface area contributed by atoms with Crippen LogP contribution in [0.3, 0.4) is 0 Å². The number of nitrogens with two attached hydrogens (primary N) is 1. The molecule has 2 nitrogen and oxygen atoms in total. The lowest BCUT2D eigenvalue weighted by atomic mass is 9.75. The van der Waals surface area contributed by atoms with Crippen LogP contribution in [-0.2, 0) is 0 Å². The van der Waals surface area contributed by atoms with Crippen molar-refractivity contribution in [1.82, 2.24) is 0 Å². The lowest BCUT2D eigenvalue weighted by Crippen LogP contribution is -2.33. The van der Waals surface area contributed by atoms with Gasteiger partial charge in [-0.15, -0.1) is 0 Å². The number of hydrogen-bond donors (Lipinski definition) is 2. The Morgan fingerprint density at radius 2 is 1.88 bits per heavy atom. The SMILES string of the molecule is NC[C@@H](c1ccc(Cl)cc1)C1CCCC[C@@H]1O. The molecule has 0 saturated heterocycles. The molecule has 17 heavy (non-hydrogen) atoms. The number of rotatable bonds is 3. The second-order valence-electron chi connectivity index (χ2n) is 4.91. The molecule has 0 bridgehead atoms. The third-order valence-electron chi connectivity index (χ3n) is 3.85. The first kappa shape index (κ1) is 12.9. The van der Waals surface area contributed by atoms with Crippen LogP contribution in [-0.4, -0.2) is 17.8 Å². The van der Waals surface area contributed by atoms with Crippen LogP contribution in [0, 0.1) is 5.92 Å². The first-order valence-electron chi connectivity index (χ1n) is 6.36. The normalized spacial score (nSPS) is 26.8. The van der Waals surface area contributed by atoms with Gasteiger partial charge in [0.05, 0.1) is 6.10 Å². The molecule has 3 atom stereocenters. The predicted molar refractivity (Wildman–Crippen MR) is 71.2 cm³/mol. The molecule has 0 heterocycles. The summed E-state index contributed by atoms with van der Waals surface area (Å²) in [6.45, 7) is 0.587. The molecule has 1 aliphatic carbocycles. The molecule has 0 aliphatic heterocycles. The molecule has 1 unspecified atom stereocenters.